The first kappa shape index (κ1) is 12.7. The molecule has 0 aliphatic heterocycles. The van der Waals surface area contributed by atoms with E-state index in [-0.39, 0.29) is 6.04 Å². The van der Waals surface area contributed by atoms with Crippen molar-refractivity contribution >= 4 is 22.0 Å². The van der Waals surface area contributed by atoms with Crippen molar-refractivity contribution in [3.8, 4) is 0 Å². The molecule has 0 aromatic rings. The average Bonchev–Trinajstić information content (AvgIpc) is 2.14. The molecule has 0 spiro atoms. The Balaban J connectivity index is 2.60. The normalized spacial score (nSPS) is 18.9. The molecule has 1 amide bonds. The lowest BCUT2D eigenvalue weighted by molar-refractivity contribution is 0.0357. The van der Waals surface area contributed by atoms with Crippen LogP contribution < -0.4 is 0 Å². The number of hydrogen-bond donors (Lipinski definition) is 1. The van der Waals surface area contributed by atoms with Crippen LogP contribution in [0.5, 0.6) is 0 Å². The van der Waals surface area contributed by atoms with E-state index in [1.807, 2.05) is 0 Å². The quantitative estimate of drug-likeness (QED) is 0.809. The Labute approximate surface area is 95.6 Å². The maximum atomic E-state index is 12.7. The number of halogens is 3. The SMILES string of the molecule is O=C(O)N(CC(F)(F)Br)C1CCCCC1. The molecule has 0 unspecified atom stereocenters. The molecule has 88 valence electrons. The van der Waals surface area contributed by atoms with E-state index >= 15 is 0 Å². The lowest BCUT2D eigenvalue weighted by Gasteiger charge is -2.33. The third-order valence-electron chi connectivity index (χ3n) is 2.61. The fraction of sp³-hybridized carbons (Fsp3) is 0.889. The van der Waals surface area contributed by atoms with Gasteiger partial charge in [-0.2, -0.15) is 8.78 Å². The van der Waals surface area contributed by atoms with Gasteiger partial charge in [0.2, 0.25) is 0 Å². The number of carbonyl (C=O) groups is 1. The Morgan fingerprint density at radius 2 is 1.93 bits per heavy atom. The predicted molar refractivity (Wildman–Crippen MR) is 55.5 cm³/mol. The summed E-state index contributed by atoms with van der Waals surface area (Å²) in [4.78, 5) is 8.57. The highest BCUT2D eigenvalue weighted by Gasteiger charge is 2.34. The molecule has 1 saturated carbocycles. The number of nitrogens with zero attached hydrogens (tertiary/aromatic N) is 1. The largest absolute Gasteiger partial charge is 0.465 e. The summed E-state index contributed by atoms with van der Waals surface area (Å²) in [5, 5.41) is 8.86. The maximum Gasteiger partial charge on any atom is 0.407 e. The van der Waals surface area contributed by atoms with Crippen LogP contribution in [0.1, 0.15) is 32.1 Å². The van der Waals surface area contributed by atoms with Gasteiger partial charge in [0.1, 0.15) is 0 Å². The summed E-state index contributed by atoms with van der Waals surface area (Å²) in [7, 11) is 0. The molecule has 0 atom stereocenters. The van der Waals surface area contributed by atoms with Crippen molar-refractivity contribution in [2.24, 2.45) is 0 Å². The van der Waals surface area contributed by atoms with Gasteiger partial charge in [0.05, 0.1) is 6.54 Å². The molecule has 0 aromatic heterocycles. The lowest BCUT2D eigenvalue weighted by Crippen LogP contribution is -2.45. The second kappa shape index (κ2) is 5.09. The highest BCUT2D eigenvalue weighted by molar-refractivity contribution is 9.10. The molecule has 3 nitrogen and oxygen atoms in total. The number of rotatable bonds is 3. The van der Waals surface area contributed by atoms with Crippen molar-refractivity contribution in [3.05, 3.63) is 0 Å². The van der Waals surface area contributed by atoms with Crippen LogP contribution >= 0.6 is 15.9 Å². The molecular weight excluding hydrogens is 272 g/mol. The van der Waals surface area contributed by atoms with Gasteiger partial charge in [-0.15, -0.1) is 0 Å². The van der Waals surface area contributed by atoms with Gasteiger partial charge in [-0.05, 0) is 28.8 Å². The number of hydrogen-bond acceptors (Lipinski definition) is 1. The van der Waals surface area contributed by atoms with Crippen LogP contribution in [0.25, 0.3) is 0 Å². The van der Waals surface area contributed by atoms with Gasteiger partial charge in [-0.25, -0.2) is 4.79 Å². The first-order chi connectivity index (χ1) is 6.90. The zero-order chi connectivity index (χ0) is 11.5. The summed E-state index contributed by atoms with van der Waals surface area (Å²) < 4.78 is 25.4. The summed E-state index contributed by atoms with van der Waals surface area (Å²) in [6, 6.07) is -0.250. The van der Waals surface area contributed by atoms with E-state index in [1.165, 1.54) is 0 Å². The van der Waals surface area contributed by atoms with Crippen LogP contribution in [0.4, 0.5) is 13.6 Å². The zero-order valence-electron chi connectivity index (χ0n) is 8.26. The van der Waals surface area contributed by atoms with E-state index in [1.54, 1.807) is 0 Å². The topological polar surface area (TPSA) is 40.5 Å². The van der Waals surface area contributed by atoms with E-state index in [0.29, 0.717) is 12.8 Å². The van der Waals surface area contributed by atoms with Gasteiger partial charge in [-0.3, -0.25) is 4.90 Å². The van der Waals surface area contributed by atoms with Gasteiger partial charge in [0, 0.05) is 6.04 Å². The summed E-state index contributed by atoms with van der Waals surface area (Å²) in [6.45, 7) is -0.771. The minimum Gasteiger partial charge on any atom is -0.465 e. The van der Waals surface area contributed by atoms with Crippen molar-refractivity contribution in [3.63, 3.8) is 0 Å². The standard InChI is InChI=1S/C9H14BrF2NO2/c10-9(11,12)6-13(8(14)15)7-4-2-1-3-5-7/h7H,1-6H2,(H,14,15). The molecule has 0 aromatic carbocycles. The third-order valence-corrected chi connectivity index (χ3v) is 2.86. The highest BCUT2D eigenvalue weighted by Crippen LogP contribution is 2.28. The smallest absolute Gasteiger partial charge is 0.407 e. The Kier molecular flexibility index (Phi) is 4.31. The molecule has 0 bridgehead atoms. The van der Waals surface area contributed by atoms with Crippen molar-refractivity contribution in [2.45, 2.75) is 43.0 Å². The van der Waals surface area contributed by atoms with Crippen molar-refractivity contribution in [1.82, 2.24) is 4.90 Å². The summed E-state index contributed by atoms with van der Waals surface area (Å²) in [6.07, 6.45) is 3.02. The number of carboxylic acid groups (broad SMARTS) is 1. The molecule has 1 N–H and O–H groups in total. The van der Waals surface area contributed by atoms with Gasteiger partial charge in [0.25, 0.3) is 0 Å². The van der Waals surface area contributed by atoms with Crippen molar-refractivity contribution in [1.29, 1.82) is 0 Å². The van der Waals surface area contributed by atoms with E-state index < -0.39 is 17.5 Å². The minimum atomic E-state index is -3.14. The Hall–Kier alpha value is -0.390. The molecule has 1 aliphatic carbocycles. The van der Waals surface area contributed by atoms with Crippen LogP contribution in [-0.2, 0) is 0 Å². The van der Waals surface area contributed by atoms with Crippen LogP contribution in [0.3, 0.4) is 0 Å². The average molecular weight is 286 g/mol. The second-order valence-electron chi connectivity index (χ2n) is 3.82. The Morgan fingerprint density at radius 3 is 2.33 bits per heavy atom. The van der Waals surface area contributed by atoms with E-state index in [2.05, 4.69) is 15.9 Å². The summed E-state index contributed by atoms with van der Waals surface area (Å²) in [5.74, 6) is 0. The predicted octanol–water partition coefficient (Wildman–Crippen LogP) is 3.29. The first-order valence-corrected chi connectivity index (χ1v) is 5.76. The second-order valence-corrected chi connectivity index (χ2v) is 4.98. The number of alkyl halides is 3. The molecule has 0 radical (unpaired) electrons. The molecular formula is C9H14BrF2NO2. The molecule has 1 fully saturated rings. The maximum absolute atomic E-state index is 12.7. The van der Waals surface area contributed by atoms with Crippen LogP contribution in [-0.4, -0.2) is 33.5 Å². The molecule has 6 heteroatoms. The highest BCUT2D eigenvalue weighted by atomic mass is 79.9. The summed E-state index contributed by atoms with van der Waals surface area (Å²) >= 11 is 2.18. The van der Waals surface area contributed by atoms with E-state index in [0.717, 1.165) is 24.2 Å². The molecule has 1 rings (SSSR count). The molecule has 0 saturated heterocycles. The fourth-order valence-electron chi connectivity index (χ4n) is 1.94. The molecule has 15 heavy (non-hydrogen) atoms. The third kappa shape index (κ3) is 4.32. The zero-order valence-corrected chi connectivity index (χ0v) is 9.84. The monoisotopic (exact) mass is 285 g/mol. The van der Waals surface area contributed by atoms with Gasteiger partial charge >= 0.3 is 10.9 Å². The molecule has 0 heterocycles. The van der Waals surface area contributed by atoms with E-state index in [4.69, 9.17) is 5.11 Å². The Morgan fingerprint density at radius 1 is 1.40 bits per heavy atom. The molecule has 1 aliphatic rings. The summed E-state index contributed by atoms with van der Waals surface area (Å²) in [5.41, 5.74) is 0. The van der Waals surface area contributed by atoms with Gasteiger partial charge < -0.3 is 5.11 Å². The minimum absolute atomic E-state index is 0.250. The van der Waals surface area contributed by atoms with Gasteiger partial charge in [0.15, 0.2) is 0 Å². The fourth-order valence-corrected chi connectivity index (χ4v) is 2.21. The van der Waals surface area contributed by atoms with E-state index in [9.17, 15) is 13.6 Å². The van der Waals surface area contributed by atoms with Crippen molar-refractivity contribution < 1.29 is 18.7 Å². The van der Waals surface area contributed by atoms with Crippen LogP contribution in [0.15, 0.2) is 0 Å². The van der Waals surface area contributed by atoms with Crippen molar-refractivity contribution in [2.75, 3.05) is 6.54 Å². The first-order valence-electron chi connectivity index (χ1n) is 4.96. The van der Waals surface area contributed by atoms with Gasteiger partial charge in [-0.1, -0.05) is 19.3 Å². The van der Waals surface area contributed by atoms with Crippen LogP contribution in [0.2, 0.25) is 0 Å². The Bertz CT molecular complexity index is 227. The lowest BCUT2D eigenvalue weighted by atomic mass is 9.94. The number of amides is 1. The van der Waals surface area contributed by atoms with Crippen LogP contribution in [0, 0.1) is 0 Å².